The van der Waals surface area contributed by atoms with Gasteiger partial charge in [0, 0.05) is 6.20 Å². The van der Waals surface area contributed by atoms with Gasteiger partial charge in [-0.15, -0.1) is 0 Å². The summed E-state index contributed by atoms with van der Waals surface area (Å²) in [5, 5.41) is 6.14. The fourth-order valence-electron chi connectivity index (χ4n) is 2.16. The van der Waals surface area contributed by atoms with E-state index >= 15 is 0 Å². The van der Waals surface area contributed by atoms with Crippen LogP contribution in [0.15, 0.2) is 30.5 Å². The number of carbonyl (C=O) groups is 1. The highest BCUT2D eigenvalue weighted by molar-refractivity contribution is 7.72. The molecule has 1 aromatic carbocycles. The molecular formula is C15H17ClN4O4S. The number of para-hydroxylation sites is 1. The van der Waals surface area contributed by atoms with Crippen LogP contribution in [0.4, 0.5) is 17.1 Å². The number of carbonyl (C=O) groups excluding carboxylic acids is 1. The van der Waals surface area contributed by atoms with E-state index in [9.17, 15) is 13.2 Å². The summed E-state index contributed by atoms with van der Waals surface area (Å²) in [4.78, 5) is 20.6. The Morgan fingerprint density at radius 1 is 1.32 bits per heavy atom. The van der Waals surface area contributed by atoms with Crippen LogP contribution in [0.2, 0.25) is 5.15 Å². The molecule has 10 heteroatoms. The number of hydrogen-bond donors (Lipinski definition) is 4. The average molecular weight is 385 g/mol. The van der Waals surface area contributed by atoms with Crippen molar-refractivity contribution in [3.63, 3.8) is 0 Å². The van der Waals surface area contributed by atoms with Gasteiger partial charge in [-0.3, -0.25) is 9.63 Å². The van der Waals surface area contributed by atoms with Gasteiger partial charge in [-0.2, -0.15) is 0 Å². The third-order valence-electron chi connectivity index (χ3n) is 3.24. The van der Waals surface area contributed by atoms with Crippen molar-refractivity contribution >= 4 is 45.3 Å². The predicted molar refractivity (Wildman–Crippen MR) is 97.0 cm³/mol. The second-order valence-corrected chi connectivity index (χ2v) is 6.35. The van der Waals surface area contributed by atoms with Crippen LogP contribution in [0.1, 0.15) is 15.9 Å². The molecule has 0 fully saturated rings. The number of nitrogens with one attached hydrogen (secondary N) is 3. The van der Waals surface area contributed by atoms with Crippen LogP contribution in [0.3, 0.4) is 0 Å². The van der Waals surface area contributed by atoms with Crippen LogP contribution in [-0.2, 0) is 15.5 Å². The molecule has 134 valence electrons. The van der Waals surface area contributed by atoms with Crippen molar-refractivity contribution in [2.45, 2.75) is 6.92 Å². The molecule has 0 radical (unpaired) electrons. The van der Waals surface area contributed by atoms with Gasteiger partial charge >= 0.3 is 0 Å². The SMILES string of the molecule is CONC(=O)c1cnc(Cl)cc1Nc1cccc(C)c1NC[SH](=O)=O. The molecule has 0 bridgehead atoms. The summed E-state index contributed by atoms with van der Waals surface area (Å²) in [6.07, 6.45) is 1.32. The number of hydroxylamine groups is 1. The second kappa shape index (κ2) is 8.65. The monoisotopic (exact) mass is 384 g/mol. The Balaban J connectivity index is 2.41. The van der Waals surface area contributed by atoms with E-state index < -0.39 is 16.6 Å². The minimum atomic E-state index is -2.59. The van der Waals surface area contributed by atoms with Gasteiger partial charge in [-0.05, 0) is 24.6 Å². The number of halogens is 1. The molecule has 1 amide bonds. The molecule has 1 heterocycles. The van der Waals surface area contributed by atoms with E-state index in [2.05, 4.69) is 25.9 Å². The molecule has 8 nitrogen and oxygen atoms in total. The fourth-order valence-corrected chi connectivity index (χ4v) is 2.60. The summed E-state index contributed by atoms with van der Waals surface area (Å²) in [6, 6.07) is 6.88. The number of hydrogen-bond acceptors (Lipinski definition) is 7. The lowest BCUT2D eigenvalue weighted by atomic mass is 10.1. The van der Waals surface area contributed by atoms with Crippen molar-refractivity contribution in [3.05, 3.63) is 46.7 Å². The first-order valence-electron chi connectivity index (χ1n) is 7.13. The highest BCUT2D eigenvalue weighted by Gasteiger charge is 2.15. The number of anilines is 3. The fraction of sp³-hybridized carbons (Fsp3) is 0.200. The lowest BCUT2D eigenvalue weighted by molar-refractivity contribution is 0.0538. The minimum absolute atomic E-state index is 0.196. The predicted octanol–water partition coefficient (Wildman–Crippen LogP) is 2.06. The van der Waals surface area contributed by atoms with Crippen molar-refractivity contribution in [1.82, 2.24) is 10.5 Å². The maximum absolute atomic E-state index is 12.1. The first kappa shape index (κ1) is 19.0. The normalized spacial score (nSPS) is 10.6. The van der Waals surface area contributed by atoms with Crippen LogP contribution >= 0.6 is 11.6 Å². The van der Waals surface area contributed by atoms with Gasteiger partial charge in [-0.25, -0.2) is 18.9 Å². The Bertz CT molecular complexity index is 849. The van der Waals surface area contributed by atoms with Gasteiger partial charge in [0.15, 0.2) is 10.7 Å². The first-order valence-corrected chi connectivity index (χ1v) is 8.87. The quantitative estimate of drug-likeness (QED) is 0.328. The number of aromatic nitrogens is 1. The van der Waals surface area contributed by atoms with Crippen LogP contribution in [0.25, 0.3) is 0 Å². The van der Waals surface area contributed by atoms with Gasteiger partial charge in [0.2, 0.25) is 0 Å². The third-order valence-corrected chi connectivity index (χ3v) is 3.86. The molecule has 0 saturated heterocycles. The van der Waals surface area contributed by atoms with Gasteiger partial charge in [0.1, 0.15) is 11.0 Å². The number of rotatable bonds is 7. The standard InChI is InChI=1S/C15H17ClN4O4S/c1-9-4-3-5-11(14(9)18-8-25(22)23)19-12-6-13(16)17-7-10(12)15(21)20-24-2/h3-7,18,25H,8H2,1-2H3,(H,17,19)(H,20,21). The lowest BCUT2D eigenvalue weighted by Crippen LogP contribution is -2.23. The molecule has 0 spiro atoms. The Hall–Kier alpha value is -2.36. The zero-order valence-electron chi connectivity index (χ0n) is 13.5. The summed E-state index contributed by atoms with van der Waals surface area (Å²) < 4.78 is 21.8. The van der Waals surface area contributed by atoms with Crippen LogP contribution < -0.4 is 16.1 Å². The molecular weight excluding hydrogens is 368 g/mol. The topological polar surface area (TPSA) is 109 Å². The summed E-state index contributed by atoms with van der Waals surface area (Å²) >= 11 is 5.93. The Labute approximate surface area is 151 Å². The number of aryl methyl sites for hydroxylation is 1. The molecule has 0 atom stereocenters. The number of amides is 1. The van der Waals surface area contributed by atoms with Gasteiger partial charge in [0.25, 0.3) is 5.91 Å². The summed E-state index contributed by atoms with van der Waals surface area (Å²) in [5.74, 6) is -0.706. The molecule has 1 aromatic heterocycles. The smallest absolute Gasteiger partial charge is 0.278 e. The largest absolute Gasteiger partial charge is 0.370 e. The van der Waals surface area contributed by atoms with E-state index in [-0.39, 0.29) is 16.6 Å². The maximum atomic E-state index is 12.1. The number of pyridine rings is 1. The molecule has 0 aliphatic carbocycles. The number of thiol groups is 1. The lowest BCUT2D eigenvalue weighted by Gasteiger charge is -2.17. The maximum Gasteiger partial charge on any atom is 0.278 e. The highest BCUT2D eigenvalue weighted by Crippen LogP contribution is 2.30. The van der Waals surface area contributed by atoms with Crippen molar-refractivity contribution in [2.75, 3.05) is 23.6 Å². The number of nitrogens with zero attached hydrogens (tertiary/aromatic N) is 1. The summed E-state index contributed by atoms with van der Waals surface area (Å²) in [6.45, 7) is 1.84. The van der Waals surface area contributed by atoms with Crippen molar-refractivity contribution in [1.29, 1.82) is 0 Å². The molecule has 0 aliphatic rings. The van der Waals surface area contributed by atoms with Crippen LogP contribution in [-0.4, -0.2) is 32.3 Å². The zero-order valence-corrected chi connectivity index (χ0v) is 15.1. The molecule has 2 aromatic rings. The Morgan fingerprint density at radius 2 is 2.08 bits per heavy atom. The average Bonchev–Trinajstić information content (AvgIpc) is 2.54. The minimum Gasteiger partial charge on any atom is -0.370 e. The summed E-state index contributed by atoms with van der Waals surface area (Å²) in [5.41, 5.74) is 4.86. The van der Waals surface area contributed by atoms with E-state index in [1.165, 1.54) is 19.4 Å². The Morgan fingerprint density at radius 3 is 2.76 bits per heavy atom. The van der Waals surface area contributed by atoms with E-state index in [1.54, 1.807) is 12.1 Å². The molecule has 3 N–H and O–H groups in total. The first-order chi connectivity index (χ1) is 11.9. The molecule has 0 aliphatic heterocycles. The van der Waals surface area contributed by atoms with Crippen LogP contribution in [0.5, 0.6) is 0 Å². The molecule has 0 saturated carbocycles. The van der Waals surface area contributed by atoms with E-state index in [0.29, 0.717) is 17.1 Å². The van der Waals surface area contributed by atoms with Crippen molar-refractivity contribution < 1.29 is 18.0 Å². The van der Waals surface area contributed by atoms with Gasteiger partial charge in [-0.1, -0.05) is 23.7 Å². The van der Waals surface area contributed by atoms with Gasteiger partial charge < -0.3 is 10.6 Å². The van der Waals surface area contributed by atoms with Crippen LogP contribution in [0, 0.1) is 6.92 Å². The van der Waals surface area contributed by atoms with Crippen molar-refractivity contribution in [3.8, 4) is 0 Å². The summed E-state index contributed by atoms with van der Waals surface area (Å²) in [7, 11) is -1.26. The van der Waals surface area contributed by atoms with Gasteiger partial charge in [0.05, 0.1) is 29.7 Å². The Kier molecular flexibility index (Phi) is 6.57. The molecule has 2 rings (SSSR count). The second-order valence-electron chi connectivity index (χ2n) is 4.98. The molecule has 25 heavy (non-hydrogen) atoms. The number of benzene rings is 1. The van der Waals surface area contributed by atoms with E-state index in [4.69, 9.17) is 11.6 Å². The third kappa shape index (κ3) is 5.05. The van der Waals surface area contributed by atoms with Crippen molar-refractivity contribution in [2.24, 2.45) is 0 Å². The highest BCUT2D eigenvalue weighted by atomic mass is 35.5. The van der Waals surface area contributed by atoms with E-state index in [1.807, 2.05) is 13.0 Å². The van der Waals surface area contributed by atoms with E-state index in [0.717, 1.165) is 5.56 Å². The molecule has 0 unspecified atom stereocenters. The zero-order chi connectivity index (χ0) is 18.4.